The van der Waals surface area contributed by atoms with Gasteiger partial charge in [0.05, 0.1) is 5.69 Å². The number of nitrogens with one attached hydrogen (secondary N) is 2. The summed E-state index contributed by atoms with van der Waals surface area (Å²) in [5, 5.41) is 6.73. The SMILES string of the molecule is CN(C)CCNc1nc(NCc2ccccc2)cc(-c2ccccc2)n1. The van der Waals surface area contributed by atoms with Crippen LogP contribution in [-0.2, 0) is 6.54 Å². The number of rotatable bonds is 8. The largest absolute Gasteiger partial charge is 0.366 e. The van der Waals surface area contributed by atoms with Crippen molar-refractivity contribution >= 4 is 11.8 Å². The molecule has 2 aromatic carbocycles. The summed E-state index contributed by atoms with van der Waals surface area (Å²) in [6.07, 6.45) is 0. The molecule has 0 fully saturated rings. The molecule has 0 aliphatic carbocycles. The standard InChI is InChI=1S/C21H25N5/c1-26(2)14-13-22-21-24-19(18-11-7-4-8-12-18)15-20(25-21)23-16-17-9-5-3-6-10-17/h3-12,15H,13-14,16H2,1-2H3,(H2,22,23,24,25). The molecular formula is C21H25N5. The minimum absolute atomic E-state index is 0.642. The van der Waals surface area contributed by atoms with Crippen LogP contribution in [0.2, 0.25) is 0 Å². The van der Waals surface area contributed by atoms with Crippen molar-refractivity contribution in [1.82, 2.24) is 14.9 Å². The molecule has 1 heterocycles. The summed E-state index contributed by atoms with van der Waals surface area (Å²) < 4.78 is 0. The first kappa shape index (κ1) is 17.9. The summed E-state index contributed by atoms with van der Waals surface area (Å²) in [4.78, 5) is 11.4. The van der Waals surface area contributed by atoms with Crippen LogP contribution in [0.3, 0.4) is 0 Å². The van der Waals surface area contributed by atoms with E-state index < -0.39 is 0 Å². The van der Waals surface area contributed by atoms with Crippen LogP contribution in [0.4, 0.5) is 11.8 Å². The Labute approximate surface area is 155 Å². The van der Waals surface area contributed by atoms with E-state index in [9.17, 15) is 0 Å². The molecule has 5 nitrogen and oxygen atoms in total. The number of hydrogen-bond donors (Lipinski definition) is 2. The molecule has 0 radical (unpaired) electrons. The van der Waals surface area contributed by atoms with Gasteiger partial charge in [-0.25, -0.2) is 4.98 Å². The number of likely N-dealkylation sites (N-methyl/N-ethyl adjacent to an activating group) is 1. The quantitative estimate of drug-likeness (QED) is 0.650. The fourth-order valence-corrected chi connectivity index (χ4v) is 2.55. The lowest BCUT2D eigenvalue weighted by Gasteiger charge is -2.13. The Kier molecular flexibility index (Phi) is 6.17. The summed E-state index contributed by atoms with van der Waals surface area (Å²) in [6, 6.07) is 22.5. The third-order valence-corrected chi connectivity index (χ3v) is 3.95. The lowest BCUT2D eigenvalue weighted by atomic mass is 10.1. The van der Waals surface area contributed by atoms with E-state index in [1.54, 1.807) is 0 Å². The monoisotopic (exact) mass is 347 g/mol. The van der Waals surface area contributed by atoms with Gasteiger partial charge in [-0.15, -0.1) is 0 Å². The molecule has 0 aliphatic heterocycles. The zero-order valence-electron chi connectivity index (χ0n) is 15.3. The molecule has 2 N–H and O–H groups in total. The molecule has 3 rings (SSSR count). The zero-order chi connectivity index (χ0) is 18.2. The second-order valence-corrected chi connectivity index (χ2v) is 6.40. The Bertz CT molecular complexity index is 803. The Hall–Kier alpha value is -2.92. The molecule has 134 valence electrons. The smallest absolute Gasteiger partial charge is 0.225 e. The van der Waals surface area contributed by atoms with E-state index in [4.69, 9.17) is 0 Å². The lowest BCUT2D eigenvalue weighted by Crippen LogP contribution is -2.21. The van der Waals surface area contributed by atoms with E-state index >= 15 is 0 Å². The van der Waals surface area contributed by atoms with Crippen LogP contribution in [0, 0.1) is 0 Å². The fourth-order valence-electron chi connectivity index (χ4n) is 2.55. The molecule has 0 unspecified atom stereocenters. The van der Waals surface area contributed by atoms with E-state index in [2.05, 4.69) is 63.9 Å². The van der Waals surface area contributed by atoms with Crippen molar-refractivity contribution in [1.29, 1.82) is 0 Å². The minimum atomic E-state index is 0.642. The van der Waals surface area contributed by atoms with Gasteiger partial charge in [0.25, 0.3) is 0 Å². The van der Waals surface area contributed by atoms with Gasteiger partial charge in [-0.3, -0.25) is 0 Å². The van der Waals surface area contributed by atoms with Crippen molar-refractivity contribution in [2.24, 2.45) is 0 Å². The van der Waals surface area contributed by atoms with Gasteiger partial charge in [-0.1, -0.05) is 60.7 Å². The predicted molar refractivity (Wildman–Crippen MR) is 108 cm³/mol. The van der Waals surface area contributed by atoms with Crippen LogP contribution in [0.25, 0.3) is 11.3 Å². The number of aromatic nitrogens is 2. The summed E-state index contributed by atoms with van der Waals surface area (Å²) in [7, 11) is 4.10. The van der Waals surface area contributed by atoms with E-state index in [0.29, 0.717) is 5.95 Å². The molecule has 26 heavy (non-hydrogen) atoms. The molecule has 0 saturated carbocycles. The average molecular weight is 347 g/mol. The van der Waals surface area contributed by atoms with Crippen molar-refractivity contribution in [3.05, 3.63) is 72.3 Å². The molecule has 3 aromatic rings. The van der Waals surface area contributed by atoms with Gasteiger partial charge in [0.1, 0.15) is 5.82 Å². The number of hydrogen-bond acceptors (Lipinski definition) is 5. The van der Waals surface area contributed by atoms with Crippen molar-refractivity contribution in [2.75, 3.05) is 37.8 Å². The molecule has 0 bridgehead atoms. The first-order chi connectivity index (χ1) is 12.7. The van der Waals surface area contributed by atoms with E-state index in [0.717, 1.165) is 36.7 Å². The molecule has 0 amide bonds. The lowest BCUT2D eigenvalue weighted by molar-refractivity contribution is 0.425. The van der Waals surface area contributed by atoms with Crippen LogP contribution < -0.4 is 10.6 Å². The van der Waals surface area contributed by atoms with Crippen LogP contribution in [-0.4, -0.2) is 42.1 Å². The number of anilines is 2. The minimum Gasteiger partial charge on any atom is -0.366 e. The van der Waals surface area contributed by atoms with Crippen molar-refractivity contribution in [3.63, 3.8) is 0 Å². The molecule has 0 saturated heterocycles. The normalized spacial score (nSPS) is 10.7. The van der Waals surface area contributed by atoms with Gasteiger partial charge in [-0.2, -0.15) is 4.98 Å². The van der Waals surface area contributed by atoms with Crippen LogP contribution in [0.1, 0.15) is 5.56 Å². The molecule has 0 atom stereocenters. The maximum atomic E-state index is 4.67. The average Bonchev–Trinajstić information content (AvgIpc) is 2.67. The highest BCUT2D eigenvalue weighted by molar-refractivity contribution is 5.64. The number of benzene rings is 2. The third kappa shape index (κ3) is 5.29. The molecule has 1 aromatic heterocycles. The van der Waals surface area contributed by atoms with Gasteiger partial charge in [-0.05, 0) is 19.7 Å². The van der Waals surface area contributed by atoms with Gasteiger partial charge in [0.2, 0.25) is 5.95 Å². The molecular weight excluding hydrogens is 322 g/mol. The van der Waals surface area contributed by atoms with Gasteiger partial charge >= 0.3 is 0 Å². The van der Waals surface area contributed by atoms with Crippen LogP contribution >= 0.6 is 0 Å². The first-order valence-corrected chi connectivity index (χ1v) is 8.81. The molecule has 0 spiro atoms. The Balaban J connectivity index is 1.80. The van der Waals surface area contributed by atoms with E-state index in [-0.39, 0.29) is 0 Å². The van der Waals surface area contributed by atoms with Crippen LogP contribution in [0.15, 0.2) is 66.7 Å². The van der Waals surface area contributed by atoms with Crippen molar-refractivity contribution in [3.8, 4) is 11.3 Å². The van der Waals surface area contributed by atoms with Gasteiger partial charge < -0.3 is 15.5 Å². The summed E-state index contributed by atoms with van der Waals surface area (Å²) in [5.41, 5.74) is 3.20. The maximum absolute atomic E-state index is 4.67. The number of nitrogens with zero attached hydrogens (tertiary/aromatic N) is 3. The third-order valence-electron chi connectivity index (χ3n) is 3.95. The van der Waals surface area contributed by atoms with Gasteiger partial charge in [0, 0.05) is 31.3 Å². The highest BCUT2D eigenvalue weighted by Gasteiger charge is 2.07. The second-order valence-electron chi connectivity index (χ2n) is 6.40. The summed E-state index contributed by atoms with van der Waals surface area (Å²) in [5.74, 6) is 1.46. The fraction of sp³-hybridized carbons (Fsp3) is 0.238. The van der Waals surface area contributed by atoms with Crippen molar-refractivity contribution in [2.45, 2.75) is 6.54 Å². The summed E-state index contributed by atoms with van der Waals surface area (Å²) >= 11 is 0. The van der Waals surface area contributed by atoms with E-state index in [1.807, 2.05) is 42.5 Å². The van der Waals surface area contributed by atoms with E-state index in [1.165, 1.54) is 5.56 Å². The maximum Gasteiger partial charge on any atom is 0.225 e. The highest BCUT2D eigenvalue weighted by Crippen LogP contribution is 2.21. The Morgan fingerprint density at radius 3 is 2.23 bits per heavy atom. The zero-order valence-corrected chi connectivity index (χ0v) is 15.3. The Morgan fingerprint density at radius 2 is 1.54 bits per heavy atom. The predicted octanol–water partition coefficient (Wildman–Crippen LogP) is 3.73. The molecule has 5 heteroatoms. The molecule has 0 aliphatic rings. The van der Waals surface area contributed by atoms with Crippen molar-refractivity contribution < 1.29 is 0 Å². The highest BCUT2D eigenvalue weighted by atomic mass is 15.2. The topological polar surface area (TPSA) is 53.1 Å². The summed E-state index contributed by atoms with van der Waals surface area (Å²) in [6.45, 7) is 2.44. The van der Waals surface area contributed by atoms with Crippen LogP contribution in [0.5, 0.6) is 0 Å². The second kappa shape index (κ2) is 8.97. The van der Waals surface area contributed by atoms with Gasteiger partial charge in [0.15, 0.2) is 0 Å². The Morgan fingerprint density at radius 1 is 0.846 bits per heavy atom. The first-order valence-electron chi connectivity index (χ1n) is 8.81.